The molecule has 94 valence electrons. The number of hydrogen-bond acceptors (Lipinski definition) is 4. The monoisotopic (exact) mass is 246 g/mol. The van der Waals surface area contributed by atoms with Crippen LogP contribution in [-0.2, 0) is 24.9 Å². The van der Waals surface area contributed by atoms with E-state index in [-0.39, 0.29) is 13.2 Å². The van der Waals surface area contributed by atoms with Crippen molar-refractivity contribution in [2.45, 2.75) is 13.2 Å². The van der Waals surface area contributed by atoms with E-state index >= 15 is 0 Å². The maximum absolute atomic E-state index is 11.4. The Kier molecular flexibility index (Phi) is 3.90. The molecular formula is C12H14N4O2. The smallest absolute Gasteiger partial charge is 0.407 e. The van der Waals surface area contributed by atoms with Gasteiger partial charge in [-0.1, -0.05) is 30.3 Å². The van der Waals surface area contributed by atoms with E-state index in [0.29, 0.717) is 5.82 Å². The second kappa shape index (κ2) is 5.81. The third-order valence-corrected chi connectivity index (χ3v) is 2.25. The largest absolute Gasteiger partial charge is 0.445 e. The molecule has 2 rings (SSSR count). The summed E-state index contributed by atoms with van der Waals surface area (Å²) >= 11 is 0. The van der Waals surface area contributed by atoms with Crippen molar-refractivity contribution in [2.75, 3.05) is 0 Å². The Labute approximate surface area is 105 Å². The molecule has 1 aromatic heterocycles. The van der Waals surface area contributed by atoms with Gasteiger partial charge in [0.1, 0.15) is 12.9 Å². The molecule has 1 amide bonds. The number of rotatable bonds is 4. The van der Waals surface area contributed by atoms with Gasteiger partial charge in [-0.15, -0.1) is 0 Å². The van der Waals surface area contributed by atoms with Gasteiger partial charge in [-0.05, 0) is 5.56 Å². The van der Waals surface area contributed by atoms with Crippen molar-refractivity contribution in [2.24, 2.45) is 7.05 Å². The average Bonchev–Trinajstić information content (AvgIpc) is 2.81. The summed E-state index contributed by atoms with van der Waals surface area (Å²) in [6, 6.07) is 9.50. The summed E-state index contributed by atoms with van der Waals surface area (Å²) in [4.78, 5) is 15.4. The molecule has 0 spiro atoms. The Morgan fingerprint density at radius 3 is 2.83 bits per heavy atom. The SMILES string of the molecule is Cn1cnc(CNC(=O)OCc2ccccc2)n1. The molecule has 0 saturated carbocycles. The van der Waals surface area contributed by atoms with Gasteiger partial charge in [0.05, 0.1) is 6.54 Å². The maximum atomic E-state index is 11.4. The summed E-state index contributed by atoms with van der Waals surface area (Å²) in [5, 5.41) is 6.62. The van der Waals surface area contributed by atoms with Crippen LogP contribution in [0.4, 0.5) is 4.79 Å². The number of carbonyl (C=O) groups excluding carboxylic acids is 1. The number of benzene rings is 1. The lowest BCUT2D eigenvalue weighted by Gasteiger charge is -2.05. The molecule has 6 nitrogen and oxygen atoms in total. The predicted octanol–water partition coefficient (Wildman–Crippen LogP) is 1.24. The van der Waals surface area contributed by atoms with E-state index in [2.05, 4.69) is 15.4 Å². The molecule has 0 unspecified atom stereocenters. The van der Waals surface area contributed by atoms with Crippen LogP contribution in [0.25, 0.3) is 0 Å². The highest BCUT2D eigenvalue weighted by molar-refractivity contribution is 5.67. The van der Waals surface area contributed by atoms with Crippen molar-refractivity contribution < 1.29 is 9.53 Å². The number of alkyl carbamates (subject to hydrolysis) is 1. The zero-order valence-corrected chi connectivity index (χ0v) is 10.0. The molecule has 0 aliphatic carbocycles. The Balaban J connectivity index is 1.73. The average molecular weight is 246 g/mol. The lowest BCUT2D eigenvalue weighted by molar-refractivity contribution is 0.139. The minimum atomic E-state index is -0.480. The Morgan fingerprint density at radius 2 is 2.17 bits per heavy atom. The van der Waals surface area contributed by atoms with Crippen LogP contribution >= 0.6 is 0 Å². The fourth-order valence-corrected chi connectivity index (χ4v) is 1.39. The number of aromatic nitrogens is 3. The summed E-state index contributed by atoms with van der Waals surface area (Å²) in [6.07, 6.45) is 1.10. The molecule has 0 atom stereocenters. The summed E-state index contributed by atoms with van der Waals surface area (Å²) in [5.74, 6) is 0.550. The van der Waals surface area contributed by atoms with Crippen LogP contribution in [0.3, 0.4) is 0 Å². The number of nitrogens with one attached hydrogen (secondary N) is 1. The summed E-state index contributed by atoms with van der Waals surface area (Å²) < 4.78 is 6.62. The minimum absolute atomic E-state index is 0.252. The Morgan fingerprint density at radius 1 is 1.39 bits per heavy atom. The Bertz CT molecular complexity index is 510. The maximum Gasteiger partial charge on any atom is 0.407 e. The van der Waals surface area contributed by atoms with Crippen molar-refractivity contribution in [1.29, 1.82) is 0 Å². The lowest BCUT2D eigenvalue weighted by Crippen LogP contribution is -2.24. The third kappa shape index (κ3) is 3.58. The quantitative estimate of drug-likeness (QED) is 0.881. The zero-order chi connectivity index (χ0) is 12.8. The van der Waals surface area contributed by atoms with Gasteiger partial charge in [0, 0.05) is 7.05 Å². The molecule has 1 N–H and O–H groups in total. The molecule has 0 bridgehead atoms. The highest BCUT2D eigenvalue weighted by Crippen LogP contribution is 2.00. The van der Waals surface area contributed by atoms with E-state index in [1.165, 1.54) is 0 Å². The second-order valence-corrected chi connectivity index (χ2v) is 3.75. The number of nitrogens with zero attached hydrogens (tertiary/aromatic N) is 3. The highest BCUT2D eigenvalue weighted by Gasteiger charge is 2.04. The van der Waals surface area contributed by atoms with Crippen LogP contribution in [0, 0.1) is 0 Å². The summed E-state index contributed by atoms with van der Waals surface area (Å²) in [6.45, 7) is 0.511. The fraction of sp³-hybridized carbons (Fsp3) is 0.250. The fourth-order valence-electron chi connectivity index (χ4n) is 1.39. The van der Waals surface area contributed by atoms with Gasteiger partial charge in [-0.2, -0.15) is 5.10 Å². The molecular weight excluding hydrogens is 232 g/mol. The van der Waals surface area contributed by atoms with Gasteiger partial charge in [0.25, 0.3) is 0 Å². The molecule has 0 saturated heterocycles. The number of amides is 1. The molecule has 6 heteroatoms. The van der Waals surface area contributed by atoms with E-state index in [1.807, 2.05) is 30.3 Å². The van der Waals surface area contributed by atoms with E-state index in [1.54, 1.807) is 18.1 Å². The van der Waals surface area contributed by atoms with Crippen LogP contribution in [0.2, 0.25) is 0 Å². The van der Waals surface area contributed by atoms with Gasteiger partial charge >= 0.3 is 6.09 Å². The topological polar surface area (TPSA) is 69.0 Å². The van der Waals surface area contributed by atoms with Gasteiger partial charge in [-0.25, -0.2) is 9.78 Å². The first-order valence-corrected chi connectivity index (χ1v) is 5.53. The number of hydrogen-bond donors (Lipinski definition) is 1. The predicted molar refractivity (Wildman–Crippen MR) is 64.5 cm³/mol. The Hall–Kier alpha value is -2.37. The van der Waals surface area contributed by atoms with Gasteiger partial charge < -0.3 is 10.1 Å². The lowest BCUT2D eigenvalue weighted by atomic mass is 10.2. The first-order chi connectivity index (χ1) is 8.74. The molecule has 0 aliphatic heterocycles. The molecule has 2 aromatic rings. The highest BCUT2D eigenvalue weighted by atomic mass is 16.5. The van der Waals surface area contributed by atoms with E-state index in [4.69, 9.17) is 4.74 Å². The third-order valence-electron chi connectivity index (χ3n) is 2.25. The summed E-state index contributed by atoms with van der Waals surface area (Å²) in [7, 11) is 1.77. The standard InChI is InChI=1S/C12H14N4O2/c1-16-9-14-11(15-16)7-13-12(17)18-8-10-5-3-2-4-6-10/h2-6,9H,7-8H2,1H3,(H,13,17). The van der Waals surface area contributed by atoms with Crippen molar-refractivity contribution >= 4 is 6.09 Å². The van der Waals surface area contributed by atoms with Crippen LogP contribution in [0.1, 0.15) is 11.4 Å². The van der Waals surface area contributed by atoms with Gasteiger partial charge in [-0.3, -0.25) is 4.68 Å². The molecule has 1 heterocycles. The first kappa shape index (κ1) is 12.1. The number of carbonyl (C=O) groups is 1. The minimum Gasteiger partial charge on any atom is -0.445 e. The second-order valence-electron chi connectivity index (χ2n) is 3.75. The van der Waals surface area contributed by atoms with Crippen molar-refractivity contribution in [3.63, 3.8) is 0 Å². The van der Waals surface area contributed by atoms with Crippen molar-refractivity contribution in [1.82, 2.24) is 20.1 Å². The van der Waals surface area contributed by atoms with Crippen LogP contribution in [-0.4, -0.2) is 20.9 Å². The molecule has 0 radical (unpaired) electrons. The number of aryl methyl sites for hydroxylation is 1. The molecule has 1 aromatic carbocycles. The van der Waals surface area contributed by atoms with Gasteiger partial charge in [0.2, 0.25) is 0 Å². The van der Waals surface area contributed by atoms with Crippen LogP contribution in [0.5, 0.6) is 0 Å². The zero-order valence-electron chi connectivity index (χ0n) is 10.0. The molecule has 0 aliphatic rings. The van der Waals surface area contributed by atoms with Crippen molar-refractivity contribution in [3.8, 4) is 0 Å². The van der Waals surface area contributed by atoms with E-state index in [0.717, 1.165) is 5.56 Å². The van der Waals surface area contributed by atoms with E-state index < -0.39 is 6.09 Å². The van der Waals surface area contributed by atoms with Crippen LogP contribution < -0.4 is 5.32 Å². The van der Waals surface area contributed by atoms with Crippen molar-refractivity contribution in [3.05, 3.63) is 48.0 Å². The van der Waals surface area contributed by atoms with Gasteiger partial charge in [0.15, 0.2) is 5.82 Å². The van der Waals surface area contributed by atoms with E-state index in [9.17, 15) is 4.79 Å². The molecule has 0 fully saturated rings. The van der Waals surface area contributed by atoms with Crippen LogP contribution in [0.15, 0.2) is 36.7 Å². The first-order valence-electron chi connectivity index (χ1n) is 5.53. The molecule has 18 heavy (non-hydrogen) atoms. The normalized spacial score (nSPS) is 10.1. The number of ether oxygens (including phenoxy) is 1. The summed E-state index contributed by atoms with van der Waals surface area (Å²) in [5.41, 5.74) is 0.948.